The van der Waals surface area contributed by atoms with Crippen molar-refractivity contribution in [3.8, 4) is 11.5 Å². The molecule has 3 aromatic carbocycles. The van der Waals surface area contributed by atoms with Crippen molar-refractivity contribution in [2.45, 2.75) is 11.7 Å². The first-order valence-electron chi connectivity index (χ1n) is 10.4. The van der Waals surface area contributed by atoms with Gasteiger partial charge in [0.15, 0.2) is 5.17 Å². The molecule has 0 radical (unpaired) electrons. The lowest BCUT2D eigenvalue weighted by Crippen LogP contribution is -2.33. The third-order valence-electron chi connectivity index (χ3n) is 5.04. The maximum absolute atomic E-state index is 13.5. The number of carbonyl (C=O) groups excluding carboxylic acids is 2. The van der Waals surface area contributed by atoms with Crippen molar-refractivity contribution in [2.24, 2.45) is 4.99 Å². The number of hydrogen-bond acceptors (Lipinski definition) is 6. The van der Waals surface area contributed by atoms with Gasteiger partial charge in [0.2, 0.25) is 11.8 Å². The zero-order valence-electron chi connectivity index (χ0n) is 18.5. The van der Waals surface area contributed by atoms with Gasteiger partial charge >= 0.3 is 0 Å². The molecule has 0 aromatic heterocycles. The van der Waals surface area contributed by atoms with E-state index in [2.05, 4.69) is 5.32 Å². The fourth-order valence-electron chi connectivity index (χ4n) is 3.48. The molecule has 4 rings (SSSR count). The molecule has 1 N–H and O–H groups in total. The highest BCUT2D eigenvalue weighted by molar-refractivity contribution is 8.16. The Kier molecular flexibility index (Phi) is 7.40. The summed E-state index contributed by atoms with van der Waals surface area (Å²) in [6.45, 7) is 0. The standard InChI is InChI=1S/C25H22ClN3O4S/c1-32-20-12-5-3-10-18(20)28-25-29(19-11-4-6-13-21(19)33-2)24(31)22(34-25)15-23(30)27-17-9-7-8-16(26)14-17/h3-14,22H,15H2,1-2H3,(H,27,30)/t22-/m1/s1. The second kappa shape index (κ2) is 10.6. The average Bonchev–Trinajstić information content (AvgIpc) is 3.13. The van der Waals surface area contributed by atoms with E-state index in [0.717, 1.165) is 0 Å². The lowest BCUT2D eigenvalue weighted by molar-refractivity contribution is -0.121. The molecule has 0 bridgehead atoms. The van der Waals surface area contributed by atoms with Crippen LogP contribution in [0.5, 0.6) is 11.5 Å². The number of methoxy groups -OCH3 is 2. The third-order valence-corrected chi connectivity index (χ3v) is 6.41. The number of para-hydroxylation sites is 4. The van der Waals surface area contributed by atoms with Gasteiger partial charge in [-0.1, -0.05) is 53.7 Å². The molecule has 3 aromatic rings. The molecule has 1 heterocycles. The number of nitrogens with one attached hydrogen (secondary N) is 1. The molecule has 1 atom stereocenters. The average molecular weight is 496 g/mol. The molecular formula is C25H22ClN3O4S. The van der Waals surface area contributed by atoms with Crippen LogP contribution in [0, 0.1) is 0 Å². The summed E-state index contributed by atoms with van der Waals surface area (Å²) >= 11 is 7.23. The Morgan fingerprint density at radius 2 is 1.74 bits per heavy atom. The van der Waals surface area contributed by atoms with Crippen molar-refractivity contribution < 1.29 is 19.1 Å². The van der Waals surface area contributed by atoms with Crippen LogP contribution in [0.25, 0.3) is 0 Å². The van der Waals surface area contributed by atoms with Crippen LogP contribution in [0.15, 0.2) is 77.8 Å². The fourth-order valence-corrected chi connectivity index (χ4v) is 4.81. The molecule has 0 spiro atoms. The summed E-state index contributed by atoms with van der Waals surface area (Å²) in [5.41, 5.74) is 1.69. The van der Waals surface area contributed by atoms with Crippen molar-refractivity contribution in [2.75, 3.05) is 24.4 Å². The second-order valence-corrected chi connectivity index (χ2v) is 8.89. The molecule has 1 saturated heterocycles. The molecule has 1 aliphatic rings. The lowest BCUT2D eigenvalue weighted by Gasteiger charge is -2.19. The maximum Gasteiger partial charge on any atom is 0.247 e. The minimum Gasteiger partial charge on any atom is -0.495 e. The summed E-state index contributed by atoms with van der Waals surface area (Å²) < 4.78 is 10.9. The number of halogens is 1. The molecule has 1 aliphatic heterocycles. The second-order valence-electron chi connectivity index (χ2n) is 7.28. The minimum absolute atomic E-state index is 0.0351. The number of amidine groups is 1. The van der Waals surface area contributed by atoms with E-state index in [0.29, 0.717) is 38.8 Å². The Bertz CT molecular complexity index is 1250. The van der Waals surface area contributed by atoms with E-state index >= 15 is 0 Å². The molecule has 34 heavy (non-hydrogen) atoms. The van der Waals surface area contributed by atoms with E-state index < -0.39 is 5.25 Å². The molecule has 0 aliphatic carbocycles. The number of thioether (sulfide) groups is 1. The Morgan fingerprint density at radius 1 is 1.03 bits per heavy atom. The van der Waals surface area contributed by atoms with Crippen LogP contribution in [0.3, 0.4) is 0 Å². The summed E-state index contributed by atoms with van der Waals surface area (Å²) in [5.74, 6) is 0.536. The topological polar surface area (TPSA) is 80.2 Å². The number of carbonyl (C=O) groups is 2. The van der Waals surface area contributed by atoms with Gasteiger partial charge < -0.3 is 14.8 Å². The van der Waals surface area contributed by atoms with Crippen LogP contribution >= 0.6 is 23.4 Å². The monoisotopic (exact) mass is 495 g/mol. The van der Waals surface area contributed by atoms with Crippen molar-refractivity contribution in [1.29, 1.82) is 0 Å². The molecule has 7 nitrogen and oxygen atoms in total. The molecular weight excluding hydrogens is 474 g/mol. The number of ether oxygens (including phenoxy) is 2. The van der Waals surface area contributed by atoms with Gasteiger partial charge in [0.25, 0.3) is 0 Å². The zero-order chi connectivity index (χ0) is 24.1. The minimum atomic E-state index is -0.669. The molecule has 9 heteroatoms. The normalized spacial score (nSPS) is 16.6. The summed E-state index contributed by atoms with van der Waals surface area (Å²) in [4.78, 5) is 32.5. The van der Waals surface area contributed by atoms with Crippen LogP contribution in [0.1, 0.15) is 6.42 Å². The molecule has 1 fully saturated rings. The molecule has 0 saturated carbocycles. The molecule has 0 unspecified atom stereocenters. The zero-order valence-corrected chi connectivity index (χ0v) is 20.1. The molecule has 2 amide bonds. The van der Waals surface area contributed by atoms with E-state index in [-0.39, 0.29) is 18.2 Å². The first-order valence-corrected chi connectivity index (χ1v) is 11.7. The van der Waals surface area contributed by atoms with Gasteiger partial charge in [-0.05, 0) is 42.5 Å². The number of rotatable bonds is 7. The predicted octanol–water partition coefficient (Wildman–Crippen LogP) is 5.52. The van der Waals surface area contributed by atoms with Gasteiger partial charge in [-0.15, -0.1) is 0 Å². The summed E-state index contributed by atoms with van der Waals surface area (Å²) in [7, 11) is 3.10. The number of nitrogens with zero attached hydrogens (tertiary/aromatic N) is 2. The number of aliphatic imine (C=N–C) groups is 1. The largest absolute Gasteiger partial charge is 0.495 e. The number of anilines is 2. The highest BCUT2D eigenvalue weighted by atomic mass is 35.5. The quantitative estimate of drug-likeness (QED) is 0.466. The van der Waals surface area contributed by atoms with Gasteiger partial charge in [-0.2, -0.15) is 0 Å². The van der Waals surface area contributed by atoms with Crippen LogP contribution in [0.2, 0.25) is 5.02 Å². The van der Waals surface area contributed by atoms with Crippen LogP contribution < -0.4 is 19.7 Å². The van der Waals surface area contributed by atoms with Crippen LogP contribution in [0.4, 0.5) is 17.1 Å². The highest BCUT2D eigenvalue weighted by Gasteiger charge is 2.41. The number of amides is 2. The summed E-state index contributed by atoms with van der Waals surface area (Å²) in [6, 6.07) is 21.3. The van der Waals surface area contributed by atoms with E-state index in [4.69, 9.17) is 26.1 Å². The Balaban J connectivity index is 1.66. The SMILES string of the molecule is COc1ccccc1N=C1S[C@H](CC(=O)Nc2cccc(Cl)c2)C(=O)N1c1ccccc1OC. The van der Waals surface area contributed by atoms with Crippen LogP contribution in [-0.2, 0) is 9.59 Å². The van der Waals surface area contributed by atoms with Crippen molar-refractivity contribution in [3.63, 3.8) is 0 Å². The van der Waals surface area contributed by atoms with Gasteiger partial charge in [0, 0.05) is 17.1 Å². The fraction of sp³-hybridized carbons (Fsp3) is 0.160. The smallest absolute Gasteiger partial charge is 0.247 e. The first kappa shape index (κ1) is 23.7. The van der Waals surface area contributed by atoms with Gasteiger partial charge in [-0.25, -0.2) is 4.99 Å². The van der Waals surface area contributed by atoms with E-state index in [1.54, 1.807) is 62.8 Å². The molecule has 174 valence electrons. The maximum atomic E-state index is 13.5. The Labute approximate surface area is 206 Å². The van der Waals surface area contributed by atoms with Gasteiger partial charge in [0.05, 0.1) is 19.9 Å². The summed E-state index contributed by atoms with van der Waals surface area (Å²) in [6.07, 6.45) is -0.0351. The number of benzene rings is 3. The van der Waals surface area contributed by atoms with Gasteiger partial charge in [-0.3, -0.25) is 14.5 Å². The third kappa shape index (κ3) is 5.18. The van der Waals surface area contributed by atoms with Crippen LogP contribution in [-0.4, -0.2) is 36.5 Å². The van der Waals surface area contributed by atoms with Crippen molar-refractivity contribution in [1.82, 2.24) is 0 Å². The first-order chi connectivity index (χ1) is 16.5. The van der Waals surface area contributed by atoms with E-state index in [1.165, 1.54) is 16.7 Å². The number of hydrogen-bond donors (Lipinski definition) is 1. The van der Waals surface area contributed by atoms with E-state index in [9.17, 15) is 9.59 Å². The highest BCUT2D eigenvalue weighted by Crippen LogP contribution is 2.40. The van der Waals surface area contributed by atoms with Crippen molar-refractivity contribution in [3.05, 3.63) is 77.8 Å². The summed E-state index contributed by atoms with van der Waals surface area (Å²) in [5, 5.41) is 3.07. The van der Waals surface area contributed by atoms with E-state index in [1.807, 2.05) is 24.3 Å². The Hall–Kier alpha value is -3.49. The predicted molar refractivity (Wildman–Crippen MR) is 137 cm³/mol. The Morgan fingerprint density at radius 3 is 2.47 bits per heavy atom. The van der Waals surface area contributed by atoms with Crippen molar-refractivity contribution >= 4 is 57.4 Å². The lowest BCUT2D eigenvalue weighted by atomic mass is 10.2. The van der Waals surface area contributed by atoms with Gasteiger partial charge in [0.1, 0.15) is 22.4 Å².